The summed E-state index contributed by atoms with van der Waals surface area (Å²) in [5.41, 5.74) is -0.446. The smallest absolute Gasteiger partial charge is 0.296 e. The quantitative estimate of drug-likeness (QED) is 0.489. The van der Waals surface area contributed by atoms with Gasteiger partial charge in [0.2, 0.25) is 0 Å². The largest absolute Gasteiger partial charge is 0.493 e. The van der Waals surface area contributed by atoms with Crippen molar-refractivity contribution in [3.05, 3.63) is 58.9 Å². The number of rotatable bonds is 6. The summed E-state index contributed by atoms with van der Waals surface area (Å²) in [6, 6.07) is 10.3. The first-order valence-corrected chi connectivity index (χ1v) is 11.0. The first-order valence-electron chi connectivity index (χ1n) is 8.16. The van der Waals surface area contributed by atoms with Gasteiger partial charge in [0.25, 0.3) is 25.8 Å². The van der Waals surface area contributed by atoms with Gasteiger partial charge in [0.05, 0.1) is 22.9 Å². The molecule has 29 heavy (non-hydrogen) atoms. The number of nitrogens with one attached hydrogen (secondary N) is 1. The van der Waals surface area contributed by atoms with Crippen molar-refractivity contribution in [2.45, 2.75) is 16.7 Å². The number of H-pyrrole nitrogens is 1. The summed E-state index contributed by atoms with van der Waals surface area (Å²) in [4.78, 5) is 11.1. The molecule has 10 nitrogen and oxygen atoms in total. The third kappa shape index (κ3) is 4.24. The van der Waals surface area contributed by atoms with Crippen LogP contribution < -0.4 is 10.3 Å². The standard InChI is InChI=1S/C17H16N2O8S2/c1-2-27-15-6-4-3-5-12(15)13-10-17(20)19(18-13)14-9-11(28(21,22)23)7-8-16(14)29(24,25)26/h3-10,18H,2H2,1H3,(H,21,22,23)(H,24,25,26). The molecular formula is C17H16N2O8S2. The maximum absolute atomic E-state index is 12.5. The van der Waals surface area contributed by atoms with Crippen molar-refractivity contribution in [3.63, 3.8) is 0 Å². The van der Waals surface area contributed by atoms with E-state index in [1.165, 1.54) is 0 Å². The number of hydrogen-bond acceptors (Lipinski definition) is 6. The number of aromatic nitrogens is 2. The van der Waals surface area contributed by atoms with E-state index in [-0.39, 0.29) is 5.69 Å². The van der Waals surface area contributed by atoms with E-state index in [9.17, 15) is 30.7 Å². The van der Waals surface area contributed by atoms with Gasteiger partial charge in [0.1, 0.15) is 10.6 Å². The first kappa shape index (κ1) is 20.8. The molecule has 0 aliphatic carbocycles. The van der Waals surface area contributed by atoms with Gasteiger partial charge in [-0.05, 0) is 37.3 Å². The lowest BCUT2D eigenvalue weighted by Crippen LogP contribution is -2.17. The SMILES string of the molecule is CCOc1ccccc1-c1cc(=O)n(-c2cc(S(=O)(=O)O)ccc2S(=O)(=O)O)[nH]1. The van der Waals surface area contributed by atoms with Crippen LogP contribution >= 0.6 is 0 Å². The molecule has 0 bridgehead atoms. The third-order valence-corrected chi connectivity index (χ3v) is 5.70. The first-order chi connectivity index (χ1) is 13.5. The van der Waals surface area contributed by atoms with Gasteiger partial charge in [-0.3, -0.25) is 19.0 Å². The zero-order chi connectivity index (χ0) is 21.4. The molecule has 1 heterocycles. The number of para-hydroxylation sites is 1. The lowest BCUT2D eigenvalue weighted by molar-refractivity contribution is 0.341. The normalized spacial score (nSPS) is 12.1. The Kier molecular flexibility index (Phi) is 5.36. The average molecular weight is 440 g/mol. The Bertz CT molecular complexity index is 1340. The second-order valence-electron chi connectivity index (χ2n) is 5.85. The van der Waals surface area contributed by atoms with Gasteiger partial charge in [-0.25, -0.2) is 4.68 Å². The highest BCUT2D eigenvalue weighted by atomic mass is 32.2. The van der Waals surface area contributed by atoms with E-state index in [1.807, 2.05) is 0 Å². The minimum atomic E-state index is -4.81. The molecule has 3 aromatic rings. The lowest BCUT2D eigenvalue weighted by atomic mass is 10.1. The molecular weight excluding hydrogens is 424 g/mol. The number of benzene rings is 2. The van der Waals surface area contributed by atoms with Crippen LogP contribution in [0.3, 0.4) is 0 Å². The van der Waals surface area contributed by atoms with Crippen molar-refractivity contribution < 1.29 is 30.7 Å². The third-order valence-electron chi connectivity index (χ3n) is 3.94. The van der Waals surface area contributed by atoms with Gasteiger partial charge in [-0.1, -0.05) is 12.1 Å². The summed E-state index contributed by atoms with van der Waals surface area (Å²) in [6.45, 7) is 2.15. The second-order valence-corrected chi connectivity index (χ2v) is 8.66. The molecule has 0 aliphatic rings. The van der Waals surface area contributed by atoms with E-state index in [4.69, 9.17) is 4.74 Å². The fourth-order valence-corrected chi connectivity index (χ4v) is 3.89. The summed E-state index contributed by atoms with van der Waals surface area (Å²) < 4.78 is 71.3. The Hall–Kier alpha value is -2.93. The summed E-state index contributed by atoms with van der Waals surface area (Å²) in [7, 11) is -9.51. The zero-order valence-corrected chi connectivity index (χ0v) is 16.6. The number of hydrogen-bond donors (Lipinski definition) is 3. The van der Waals surface area contributed by atoms with Crippen molar-refractivity contribution >= 4 is 20.2 Å². The van der Waals surface area contributed by atoms with Gasteiger partial charge in [0, 0.05) is 11.6 Å². The van der Waals surface area contributed by atoms with Crippen molar-refractivity contribution in [1.82, 2.24) is 9.78 Å². The molecule has 0 amide bonds. The molecule has 0 unspecified atom stereocenters. The predicted molar refractivity (Wildman–Crippen MR) is 103 cm³/mol. The van der Waals surface area contributed by atoms with Gasteiger partial charge in [-0.2, -0.15) is 16.8 Å². The zero-order valence-electron chi connectivity index (χ0n) is 14.9. The van der Waals surface area contributed by atoms with Crippen LogP contribution in [0, 0.1) is 0 Å². The Labute approximate surface area is 165 Å². The van der Waals surface area contributed by atoms with E-state index in [2.05, 4.69) is 5.10 Å². The number of ether oxygens (including phenoxy) is 1. The van der Waals surface area contributed by atoms with Crippen LogP contribution in [-0.4, -0.2) is 42.3 Å². The van der Waals surface area contributed by atoms with Crippen molar-refractivity contribution in [2.24, 2.45) is 0 Å². The molecule has 0 atom stereocenters. The topological polar surface area (TPSA) is 156 Å². The Balaban J connectivity index is 2.27. The fraction of sp³-hybridized carbons (Fsp3) is 0.118. The Morgan fingerprint density at radius 1 is 1.00 bits per heavy atom. The molecule has 1 aromatic heterocycles. The van der Waals surface area contributed by atoms with Gasteiger partial charge in [-0.15, -0.1) is 0 Å². The molecule has 12 heteroatoms. The van der Waals surface area contributed by atoms with Crippen molar-refractivity contribution in [1.29, 1.82) is 0 Å². The van der Waals surface area contributed by atoms with Gasteiger partial charge < -0.3 is 4.74 Å². The van der Waals surface area contributed by atoms with Gasteiger partial charge in [0.15, 0.2) is 0 Å². The van der Waals surface area contributed by atoms with Crippen LogP contribution in [0.5, 0.6) is 5.75 Å². The van der Waals surface area contributed by atoms with Crippen LogP contribution in [0.1, 0.15) is 6.92 Å². The molecule has 2 aromatic carbocycles. The molecule has 0 saturated heterocycles. The second kappa shape index (κ2) is 7.48. The van der Waals surface area contributed by atoms with Gasteiger partial charge >= 0.3 is 0 Å². The molecule has 0 aliphatic heterocycles. The predicted octanol–water partition coefficient (Wildman–Crippen LogP) is 1.72. The van der Waals surface area contributed by atoms with E-state index in [1.54, 1.807) is 31.2 Å². The maximum Gasteiger partial charge on any atom is 0.296 e. The van der Waals surface area contributed by atoms with E-state index in [0.717, 1.165) is 28.9 Å². The molecule has 3 N–H and O–H groups in total. The van der Waals surface area contributed by atoms with E-state index in [0.29, 0.717) is 17.9 Å². The Morgan fingerprint density at radius 3 is 2.31 bits per heavy atom. The van der Waals surface area contributed by atoms with Crippen molar-refractivity contribution in [2.75, 3.05) is 6.61 Å². The summed E-state index contributed by atoms with van der Waals surface area (Å²) in [5.74, 6) is 0.463. The van der Waals surface area contributed by atoms with Crippen LogP contribution in [0.25, 0.3) is 16.9 Å². The minimum absolute atomic E-state index is 0.262. The molecule has 0 fully saturated rings. The average Bonchev–Trinajstić information content (AvgIpc) is 3.02. The highest BCUT2D eigenvalue weighted by Gasteiger charge is 2.23. The fourth-order valence-electron chi connectivity index (χ4n) is 2.73. The molecule has 3 rings (SSSR count). The highest BCUT2D eigenvalue weighted by molar-refractivity contribution is 7.86. The summed E-state index contributed by atoms with van der Waals surface area (Å²) in [6.07, 6.45) is 0. The van der Waals surface area contributed by atoms with Crippen LogP contribution in [-0.2, 0) is 20.2 Å². The maximum atomic E-state index is 12.5. The lowest BCUT2D eigenvalue weighted by Gasteiger charge is -2.10. The molecule has 154 valence electrons. The van der Waals surface area contributed by atoms with E-state index < -0.39 is 41.3 Å². The van der Waals surface area contributed by atoms with Crippen LogP contribution in [0.15, 0.2) is 63.1 Å². The van der Waals surface area contributed by atoms with Crippen molar-refractivity contribution in [3.8, 4) is 22.7 Å². The molecule has 0 radical (unpaired) electrons. The highest BCUT2D eigenvalue weighted by Crippen LogP contribution is 2.29. The molecule has 0 spiro atoms. The number of aromatic amines is 1. The Morgan fingerprint density at radius 2 is 1.69 bits per heavy atom. The van der Waals surface area contributed by atoms with E-state index >= 15 is 0 Å². The van der Waals surface area contributed by atoms with Crippen LogP contribution in [0.2, 0.25) is 0 Å². The molecule has 0 saturated carbocycles. The summed E-state index contributed by atoms with van der Waals surface area (Å²) >= 11 is 0. The minimum Gasteiger partial charge on any atom is -0.493 e. The monoisotopic (exact) mass is 440 g/mol. The number of nitrogens with zero attached hydrogens (tertiary/aromatic N) is 1. The van der Waals surface area contributed by atoms with Crippen LogP contribution in [0.4, 0.5) is 0 Å². The summed E-state index contributed by atoms with van der Waals surface area (Å²) in [5, 5.41) is 2.68.